The van der Waals surface area contributed by atoms with Crippen LogP contribution in [0.1, 0.15) is 23.9 Å². The topological polar surface area (TPSA) is 67.5 Å². The van der Waals surface area contributed by atoms with Crippen molar-refractivity contribution in [3.8, 4) is 0 Å². The van der Waals surface area contributed by atoms with Crippen molar-refractivity contribution in [2.24, 2.45) is 0 Å². The van der Waals surface area contributed by atoms with Gasteiger partial charge in [-0.3, -0.25) is 4.90 Å². The van der Waals surface area contributed by atoms with Crippen molar-refractivity contribution in [1.82, 2.24) is 20.3 Å². The fourth-order valence-electron chi connectivity index (χ4n) is 3.08. The van der Waals surface area contributed by atoms with Crippen LogP contribution in [-0.2, 0) is 11.3 Å². The number of nitrogens with zero attached hydrogens (tertiary/aromatic N) is 5. The largest absolute Gasteiger partial charge is 0.374 e. The van der Waals surface area contributed by atoms with Crippen LogP contribution in [0.2, 0.25) is 0 Å². The van der Waals surface area contributed by atoms with Crippen LogP contribution in [0.3, 0.4) is 0 Å². The fraction of sp³-hybridized carbons (Fsp3) is 0.588. The summed E-state index contributed by atoms with van der Waals surface area (Å²) in [4.78, 5) is 4.61. The predicted octanol–water partition coefficient (Wildman–Crippen LogP) is 1.81. The van der Waals surface area contributed by atoms with E-state index in [0.717, 1.165) is 56.6 Å². The molecule has 130 valence electrons. The van der Waals surface area contributed by atoms with Gasteiger partial charge in [0.15, 0.2) is 5.82 Å². The fourth-order valence-corrected chi connectivity index (χ4v) is 3.08. The third kappa shape index (κ3) is 3.91. The minimum absolute atomic E-state index is 0.154. The first-order chi connectivity index (χ1) is 11.7. The number of ether oxygens (including phenoxy) is 1. The van der Waals surface area contributed by atoms with E-state index < -0.39 is 0 Å². The first kappa shape index (κ1) is 16.9. The zero-order chi connectivity index (χ0) is 16.9. The molecule has 1 aliphatic heterocycles. The average molecular weight is 331 g/mol. The molecular weight excluding hydrogens is 306 g/mol. The van der Waals surface area contributed by atoms with Gasteiger partial charge < -0.3 is 14.2 Å². The Kier molecular flexibility index (Phi) is 5.42. The summed E-state index contributed by atoms with van der Waals surface area (Å²) in [5.41, 5.74) is 2.17. The molecule has 0 saturated carbocycles. The van der Waals surface area contributed by atoms with Gasteiger partial charge in [-0.05, 0) is 32.9 Å². The number of hydrogen-bond acceptors (Lipinski definition) is 7. The summed E-state index contributed by atoms with van der Waals surface area (Å²) in [7, 11) is 0. The Hall–Kier alpha value is -1.99. The highest BCUT2D eigenvalue weighted by Crippen LogP contribution is 2.18. The molecule has 3 heterocycles. The highest BCUT2D eigenvalue weighted by atomic mass is 16.5. The van der Waals surface area contributed by atoms with Gasteiger partial charge in [0.05, 0.1) is 18.4 Å². The second-order valence-electron chi connectivity index (χ2n) is 6.15. The Morgan fingerprint density at radius 3 is 2.92 bits per heavy atom. The Morgan fingerprint density at radius 2 is 2.25 bits per heavy atom. The molecule has 2 aromatic heterocycles. The van der Waals surface area contributed by atoms with E-state index in [1.165, 1.54) is 5.56 Å². The highest BCUT2D eigenvalue weighted by molar-refractivity contribution is 5.36. The number of aryl methyl sites for hydroxylation is 2. The molecule has 3 rings (SSSR count). The van der Waals surface area contributed by atoms with Crippen LogP contribution in [0.4, 0.5) is 5.82 Å². The SMILES string of the molecule is CCN(C[C@@H]1CN(Cc2c(C)noc2C)CCO1)c1cccnn1. The summed E-state index contributed by atoms with van der Waals surface area (Å²) in [5.74, 6) is 1.80. The Balaban J connectivity index is 1.61. The third-order valence-electron chi connectivity index (χ3n) is 4.47. The lowest BCUT2D eigenvalue weighted by Gasteiger charge is -2.35. The zero-order valence-electron chi connectivity index (χ0n) is 14.6. The van der Waals surface area contributed by atoms with Crippen molar-refractivity contribution in [2.75, 3.05) is 37.7 Å². The molecule has 1 saturated heterocycles. The number of rotatable bonds is 6. The summed E-state index contributed by atoms with van der Waals surface area (Å²) < 4.78 is 11.2. The second kappa shape index (κ2) is 7.72. The quantitative estimate of drug-likeness (QED) is 0.799. The molecule has 0 bridgehead atoms. The summed E-state index contributed by atoms with van der Waals surface area (Å²) in [6.07, 6.45) is 1.85. The van der Waals surface area contributed by atoms with Crippen LogP contribution in [0.15, 0.2) is 22.9 Å². The number of anilines is 1. The molecule has 0 spiro atoms. The van der Waals surface area contributed by atoms with Gasteiger partial charge in [0.1, 0.15) is 5.76 Å². The van der Waals surface area contributed by atoms with E-state index >= 15 is 0 Å². The van der Waals surface area contributed by atoms with E-state index in [0.29, 0.717) is 0 Å². The van der Waals surface area contributed by atoms with Crippen molar-refractivity contribution < 1.29 is 9.26 Å². The van der Waals surface area contributed by atoms with Gasteiger partial charge in [-0.1, -0.05) is 5.16 Å². The summed E-state index contributed by atoms with van der Waals surface area (Å²) in [6, 6.07) is 3.90. The molecule has 0 aliphatic carbocycles. The first-order valence-electron chi connectivity index (χ1n) is 8.45. The number of aromatic nitrogens is 3. The van der Waals surface area contributed by atoms with E-state index in [-0.39, 0.29) is 6.10 Å². The van der Waals surface area contributed by atoms with Crippen LogP contribution in [0.25, 0.3) is 0 Å². The molecule has 0 aromatic carbocycles. The second-order valence-corrected chi connectivity index (χ2v) is 6.15. The molecule has 1 fully saturated rings. The highest BCUT2D eigenvalue weighted by Gasteiger charge is 2.24. The third-order valence-corrected chi connectivity index (χ3v) is 4.47. The molecule has 2 aromatic rings. The van der Waals surface area contributed by atoms with Crippen molar-refractivity contribution in [3.05, 3.63) is 35.3 Å². The molecular formula is C17H25N5O2. The van der Waals surface area contributed by atoms with Crippen LogP contribution >= 0.6 is 0 Å². The van der Waals surface area contributed by atoms with Crippen LogP contribution in [0, 0.1) is 13.8 Å². The van der Waals surface area contributed by atoms with E-state index in [4.69, 9.17) is 9.26 Å². The Bertz CT molecular complexity index is 626. The molecule has 24 heavy (non-hydrogen) atoms. The van der Waals surface area contributed by atoms with Crippen molar-refractivity contribution in [1.29, 1.82) is 0 Å². The van der Waals surface area contributed by atoms with E-state index in [2.05, 4.69) is 32.1 Å². The maximum absolute atomic E-state index is 5.97. The molecule has 7 heteroatoms. The predicted molar refractivity (Wildman–Crippen MR) is 90.9 cm³/mol. The molecule has 0 radical (unpaired) electrons. The minimum atomic E-state index is 0.154. The zero-order valence-corrected chi connectivity index (χ0v) is 14.6. The minimum Gasteiger partial charge on any atom is -0.374 e. The number of hydrogen-bond donors (Lipinski definition) is 0. The number of likely N-dealkylation sites (N-methyl/N-ethyl adjacent to an activating group) is 1. The van der Waals surface area contributed by atoms with Crippen molar-refractivity contribution >= 4 is 5.82 Å². The standard InChI is InChI=1S/C17H25N5O2/c1-4-22(17-6-5-7-18-19-17)11-15-10-21(8-9-23-15)12-16-13(2)20-24-14(16)3/h5-7,15H,4,8-12H2,1-3H3/t15-/m0/s1. The maximum Gasteiger partial charge on any atom is 0.151 e. The molecule has 0 unspecified atom stereocenters. The summed E-state index contributed by atoms with van der Waals surface area (Å²) >= 11 is 0. The van der Waals surface area contributed by atoms with Gasteiger partial charge >= 0.3 is 0 Å². The van der Waals surface area contributed by atoms with E-state index in [1.54, 1.807) is 6.20 Å². The lowest BCUT2D eigenvalue weighted by molar-refractivity contribution is -0.0270. The van der Waals surface area contributed by atoms with Gasteiger partial charge in [0.2, 0.25) is 0 Å². The van der Waals surface area contributed by atoms with Gasteiger partial charge in [0, 0.05) is 44.5 Å². The summed E-state index contributed by atoms with van der Waals surface area (Å²) in [6.45, 7) is 11.2. The van der Waals surface area contributed by atoms with Gasteiger partial charge in [-0.25, -0.2) is 0 Å². The van der Waals surface area contributed by atoms with Crippen LogP contribution in [-0.4, -0.2) is 59.1 Å². The molecule has 1 aliphatic rings. The van der Waals surface area contributed by atoms with E-state index in [1.807, 2.05) is 26.0 Å². The van der Waals surface area contributed by atoms with Crippen LogP contribution in [0.5, 0.6) is 0 Å². The Labute approximate surface area is 142 Å². The lowest BCUT2D eigenvalue weighted by atomic mass is 10.1. The van der Waals surface area contributed by atoms with Gasteiger partial charge in [-0.15, -0.1) is 5.10 Å². The first-order valence-corrected chi connectivity index (χ1v) is 8.45. The smallest absolute Gasteiger partial charge is 0.151 e. The Morgan fingerprint density at radius 1 is 1.38 bits per heavy atom. The lowest BCUT2D eigenvalue weighted by Crippen LogP contribution is -2.47. The van der Waals surface area contributed by atoms with Gasteiger partial charge in [-0.2, -0.15) is 5.10 Å². The van der Waals surface area contributed by atoms with Gasteiger partial charge in [0.25, 0.3) is 0 Å². The molecule has 0 N–H and O–H groups in total. The van der Waals surface area contributed by atoms with Crippen molar-refractivity contribution in [2.45, 2.75) is 33.4 Å². The molecule has 7 nitrogen and oxygen atoms in total. The molecule has 0 amide bonds. The normalized spacial score (nSPS) is 18.7. The summed E-state index contributed by atoms with van der Waals surface area (Å²) in [5, 5.41) is 12.2. The average Bonchev–Trinajstić information content (AvgIpc) is 2.93. The molecule has 1 atom stereocenters. The van der Waals surface area contributed by atoms with Crippen molar-refractivity contribution in [3.63, 3.8) is 0 Å². The maximum atomic E-state index is 5.97. The number of morpholine rings is 1. The van der Waals surface area contributed by atoms with Crippen LogP contribution < -0.4 is 4.90 Å². The monoisotopic (exact) mass is 331 g/mol. The van der Waals surface area contributed by atoms with E-state index in [9.17, 15) is 0 Å².